The van der Waals surface area contributed by atoms with Crippen molar-refractivity contribution < 1.29 is 0 Å². The molecule has 0 saturated carbocycles. The molecule has 16 heavy (non-hydrogen) atoms. The maximum Gasteiger partial charge on any atom is 0.128 e. The fraction of sp³-hybridized carbons (Fsp3) is 0.615. The summed E-state index contributed by atoms with van der Waals surface area (Å²) in [5.74, 6) is 1.15. The third kappa shape index (κ3) is 2.53. The normalized spacial score (nSPS) is 16.5. The first-order valence-corrected chi connectivity index (χ1v) is 6.17. The summed E-state index contributed by atoms with van der Waals surface area (Å²) in [6.45, 7) is 5.33. The van der Waals surface area contributed by atoms with Gasteiger partial charge in [-0.15, -0.1) is 0 Å². The number of nitrogens with zero attached hydrogens (tertiary/aromatic N) is 2. The highest BCUT2D eigenvalue weighted by atomic mass is 15.2. The van der Waals surface area contributed by atoms with E-state index in [1.807, 2.05) is 7.05 Å². The van der Waals surface area contributed by atoms with Crippen molar-refractivity contribution in [2.45, 2.75) is 32.7 Å². The van der Waals surface area contributed by atoms with E-state index in [2.05, 4.69) is 29.3 Å². The van der Waals surface area contributed by atoms with Crippen LogP contribution < -0.4 is 10.2 Å². The number of anilines is 1. The molecule has 0 amide bonds. The molecule has 0 aromatic carbocycles. The van der Waals surface area contributed by atoms with Gasteiger partial charge >= 0.3 is 0 Å². The summed E-state index contributed by atoms with van der Waals surface area (Å²) in [5.41, 5.74) is 2.45. The summed E-state index contributed by atoms with van der Waals surface area (Å²) in [5, 5.41) is 3.17. The topological polar surface area (TPSA) is 28.2 Å². The number of rotatable bonds is 3. The second-order valence-electron chi connectivity index (χ2n) is 4.49. The summed E-state index contributed by atoms with van der Waals surface area (Å²) in [7, 11) is 1.97. The van der Waals surface area contributed by atoms with Crippen LogP contribution >= 0.6 is 0 Å². The molecule has 1 aromatic heterocycles. The minimum Gasteiger partial charge on any atom is -0.357 e. The summed E-state index contributed by atoms with van der Waals surface area (Å²) in [4.78, 5) is 7.10. The molecule has 1 fully saturated rings. The van der Waals surface area contributed by atoms with Gasteiger partial charge in [0.15, 0.2) is 0 Å². The Kier molecular flexibility index (Phi) is 3.78. The van der Waals surface area contributed by atoms with Gasteiger partial charge in [-0.2, -0.15) is 0 Å². The van der Waals surface area contributed by atoms with E-state index in [-0.39, 0.29) is 0 Å². The lowest BCUT2D eigenvalue weighted by molar-refractivity contribution is 0.573. The number of piperidine rings is 1. The van der Waals surface area contributed by atoms with Crippen molar-refractivity contribution in [1.29, 1.82) is 0 Å². The Hall–Kier alpha value is -1.09. The fourth-order valence-corrected chi connectivity index (χ4v) is 2.25. The molecule has 1 aliphatic heterocycles. The highest BCUT2D eigenvalue weighted by Gasteiger charge is 2.12. The van der Waals surface area contributed by atoms with Gasteiger partial charge in [0, 0.05) is 25.3 Å². The monoisotopic (exact) mass is 219 g/mol. The van der Waals surface area contributed by atoms with Gasteiger partial charge in [0.25, 0.3) is 0 Å². The van der Waals surface area contributed by atoms with Crippen LogP contribution in [0, 0.1) is 6.92 Å². The Morgan fingerprint density at radius 1 is 1.25 bits per heavy atom. The predicted molar refractivity (Wildman–Crippen MR) is 67.8 cm³/mol. The van der Waals surface area contributed by atoms with E-state index in [1.54, 1.807) is 0 Å². The number of nitrogens with one attached hydrogen (secondary N) is 1. The molecule has 1 aliphatic rings. The van der Waals surface area contributed by atoms with Crippen LogP contribution in [-0.4, -0.2) is 25.1 Å². The fourth-order valence-electron chi connectivity index (χ4n) is 2.25. The molecule has 2 rings (SSSR count). The lowest BCUT2D eigenvalue weighted by Gasteiger charge is -2.28. The van der Waals surface area contributed by atoms with E-state index in [1.165, 1.54) is 24.8 Å². The maximum atomic E-state index is 4.70. The van der Waals surface area contributed by atoms with E-state index < -0.39 is 0 Å². The standard InChI is InChI=1S/C13H21N3/c1-11-12(10-14-2)6-7-13(15-11)16-8-4-3-5-9-16/h6-7,14H,3-5,8-10H2,1-2H3. The Bertz CT molecular complexity index is 343. The van der Waals surface area contributed by atoms with Gasteiger partial charge < -0.3 is 10.2 Å². The Labute approximate surface area is 97.9 Å². The maximum absolute atomic E-state index is 4.70. The lowest BCUT2D eigenvalue weighted by atomic mass is 10.1. The van der Waals surface area contributed by atoms with Crippen LogP contribution in [0.3, 0.4) is 0 Å². The number of hydrogen-bond acceptors (Lipinski definition) is 3. The third-order valence-corrected chi connectivity index (χ3v) is 3.23. The molecule has 0 bridgehead atoms. The largest absolute Gasteiger partial charge is 0.357 e. The van der Waals surface area contributed by atoms with Crippen molar-refractivity contribution in [3.05, 3.63) is 23.4 Å². The summed E-state index contributed by atoms with van der Waals surface area (Å²) in [6, 6.07) is 4.35. The quantitative estimate of drug-likeness (QED) is 0.844. The first kappa shape index (κ1) is 11.4. The molecule has 0 spiro atoms. The van der Waals surface area contributed by atoms with Crippen LogP contribution in [0.15, 0.2) is 12.1 Å². The molecular formula is C13H21N3. The predicted octanol–water partition coefficient (Wildman–Crippen LogP) is 2.10. The highest BCUT2D eigenvalue weighted by molar-refractivity contribution is 5.41. The second kappa shape index (κ2) is 5.30. The Morgan fingerprint density at radius 3 is 2.62 bits per heavy atom. The molecule has 3 nitrogen and oxygen atoms in total. The molecule has 0 aliphatic carbocycles. The van der Waals surface area contributed by atoms with E-state index >= 15 is 0 Å². The molecular weight excluding hydrogens is 198 g/mol. The summed E-state index contributed by atoms with van der Waals surface area (Å²) in [6.07, 6.45) is 3.98. The van der Waals surface area contributed by atoms with Gasteiger partial charge in [0.05, 0.1) is 0 Å². The van der Waals surface area contributed by atoms with Gasteiger partial charge in [-0.1, -0.05) is 6.07 Å². The van der Waals surface area contributed by atoms with Gasteiger partial charge in [-0.3, -0.25) is 0 Å². The molecule has 88 valence electrons. The van der Waals surface area contributed by atoms with Crippen LogP contribution in [0.2, 0.25) is 0 Å². The number of hydrogen-bond donors (Lipinski definition) is 1. The first-order valence-electron chi connectivity index (χ1n) is 6.17. The lowest BCUT2D eigenvalue weighted by Crippen LogP contribution is -2.30. The number of aromatic nitrogens is 1. The number of pyridine rings is 1. The summed E-state index contributed by atoms with van der Waals surface area (Å²) < 4.78 is 0. The molecule has 2 heterocycles. The van der Waals surface area contributed by atoms with E-state index in [4.69, 9.17) is 4.98 Å². The smallest absolute Gasteiger partial charge is 0.128 e. The van der Waals surface area contributed by atoms with Crippen molar-refractivity contribution in [2.75, 3.05) is 25.0 Å². The highest BCUT2D eigenvalue weighted by Crippen LogP contribution is 2.19. The van der Waals surface area contributed by atoms with E-state index in [0.717, 1.165) is 31.1 Å². The number of aryl methyl sites for hydroxylation is 1. The SMILES string of the molecule is CNCc1ccc(N2CCCCC2)nc1C. The second-order valence-corrected chi connectivity index (χ2v) is 4.49. The minimum absolute atomic E-state index is 0.902. The van der Waals surface area contributed by atoms with Crippen LogP contribution in [-0.2, 0) is 6.54 Å². The molecule has 3 heteroatoms. The molecule has 0 radical (unpaired) electrons. The van der Waals surface area contributed by atoms with Gasteiger partial charge in [-0.25, -0.2) is 4.98 Å². The first-order chi connectivity index (χ1) is 7.81. The van der Waals surface area contributed by atoms with E-state index in [9.17, 15) is 0 Å². The van der Waals surface area contributed by atoms with Crippen molar-refractivity contribution >= 4 is 5.82 Å². The molecule has 1 aromatic rings. The zero-order valence-electron chi connectivity index (χ0n) is 10.3. The third-order valence-electron chi connectivity index (χ3n) is 3.23. The zero-order valence-corrected chi connectivity index (χ0v) is 10.3. The van der Waals surface area contributed by atoms with Crippen LogP contribution in [0.25, 0.3) is 0 Å². The average Bonchev–Trinajstić information content (AvgIpc) is 2.33. The molecule has 1 saturated heterocycles. The van der Waals surface area contributed by atoms with Crippen LogP contribution in [0.1, 0.15) is 30.5 Å². The Balaban J connectivity index is 2.13. The molecule has 0 atom stereocenters. The van der Waals surface area contributed by atoms with Crippen molar-refractivity contribution in [3.63, 3.8) is 0 Å². The van der Waals surface area contributed by atoms with Gasteiger partial charge in [-0.05, 0) is 44.9 Å². The Morgan fingerprint density at radius 2 is 2.00 bits per heavy atom. The van der Waals surface area contributed by atoms with Crippen LogP contribution in [0.5, 0.6) is 0 Å². The van der Waals surface area contributed by atoms with Gasteiger partial charge in [0.1, 0.15) is 5.82 Å². The van der Waals surface area contributed by atoms with Crippen molar-refractivity contribution in [3.8, 4) is 0 Å². The van der Waals surface area contributed by atoms with Gasteiger partial charge in [0.2, 0.25) is 0 Å². The van der Waals surface area contributed by atoms with Crippen molar-refractivity contribution in [2.24, 2.45) is 0 Å². The average molecular weight is 219 g/mol. The van der Waals surface area contributed by atoms with Crippen molar-refractivity contribution in [1.82, 2.24) is 10.3 Å². The molecule has 1 N–H and O–H groups in total. The zero-order chi connectivity index (χ0) is 11.4. The molecule has 0 unspecified atom stereocenters. The summed E-state index contributed by atoms with van der Waals surface area (Å²) >= 11 is 0. The minimum atomic E-state index is 0.902. The van der Waals surface area contributed by atoms with Crippen LogP contribution in [0.4, 0.5) is 5.82 Å². The van der Waals surface area contributed by atoms with E-state index in [0.29, 0.717) is 0 Å².